The largest absolute Gasteiger partial charge is 0.358 e. The molecule has 5 rings (SSSR count). The molecule has 2 saturated heterocycles. The lowest BCUT2D eigenvalue weighted by Crippen LogP contribution is -2.54. The smallest absolute Gasteiger partial charge is 0.251 e. The van der Waals surface area contributed by atoms with E-state index in [4.69, 9.17) is 0 Å². The zero-order valence-electron chi connectivity index (χ0n) is 20.1. The monoisotopic (exact) mass is 461 g/mol. The molecule has 34 heavy (non-hydrogen) atoms. The third-order valence-corrected chi connectivity index (χ3v) is 7.45. The van der Waals surface area contributed by atoms with Crippen LogP contribution >= 0.6 is 0 Å². The van der Waals surface area contributed by atoms with Crippen LogP contribution < -0.4 is 15.1 Å². The Morgan fingerprint density at radius 3 is 2.50 bits per heavy atom. The van der Waals surface area contributed by atoms with Gasteiger partial charge in [0.2, 0.25) is 5.91 Å². The van der Waals surface area contributed by atoms with Crippen LogP contribution in [0.15, 0.2) is 48.5 Å². The van der Waals surface area contributed by atoms with Crippen LogP contribution in [-0.4, -0.2) is 80.5 Å². The number of hydrogen-bond donors (Lipinski definition) is 1. The van der Waals surface area contributed by atoms with Crippen molar-refractivity contribution in [3.8, 4) is 0 Å². The molecule has 1 unspecified atom stereocenters. The minimum absolute atomic E-state index is 0.0564. The van der Waals surface area contributed by atoms with Gasteiger partial charge < -0.3 is 15.1 Å². The Labute approximate surface area is 202 Å². The summed E-state index contributed by atoms with van der Waals surface area (Å²) in [5.41, 5.74) is 3.88. The molecular weight excluding hydrogens is 426 g/mol. The minimum atomic E-state index is -0.0767. The molecule has 180 valence electrons. The normalized spacial score (nSPS) is 21.2. The van der Waals surface area contributed by atoms with Crippen LogP contribution in [0, 0.1) is 0 Å². The molecule has 7 nitrogen and oxygen atoms in total. The van der Waals surface area contributed by atoms with Crippen LogP contribution in [0.3, 0.4) is 0 Å². The predicted octanol–water partition coefficient (Wildman–Crippen LogP) is 2.57. The van der Waals surface area contributed by atoms with E-state index in [1.54, 1.807) is 4.90 Å². The molecule has 7 heteroatoms. The summed E-state index contributed by atoms with van der Waals surface area (Å²) in [4.78, 5) is 34.5. The number of amides is 2. The number of carbonyl (C=O) groups excluding carboxylic acids is 2. The van der Waals surface area contributed by atoms with Gasteiger partial charge in [0.1, 0.15) is 6.04 Å². The summed E-state index contributed by atoms with van der Waals surface area (Å²) in [6, 6.07) is 16.3. The zero-order chi connectivity index (χ0) is 23.5. The van der Waals surface area contributed by atoms with Gasteiger partial charge in [0.15, 0.2) is 0 Å². The molecule has 1 atom stereocenters. The first-order chi connectivity index (χ1) is 16.6. The van der Waals surface area contributed by atoms with Gasteiger partial charge in [0, 0.05) is 65.0 Å². The average Bonchev–Trinajstić information content (AvgIpc) is 2.88. The van der Waals surface area contributed by atoms with E-state index in [-0.39, 0.29) is 17.9 Å². The van der Waals surface area contributed by atoms with E-state index in [0.717, 1.165) is 76.5 Å². The van der Waals surface area contributed by atoms with Crippen molar-refractivity contribution in [3.63, 3.8) is 0 Å². The molecule has 2 amide bonds. The molecule has 2 aromatic carbocycles. The number of nitrogens with one attached hydrogen (secondary N) is 1. The fraction of sp³-hybridized carbons (Fsp3) is 0.481. The maximum atomic E-state index is 12.9. The van der Waals surface area contributed by atoms with E-state index >= 15 is 0 Å². The van der Waals surface area contributed by atoms with E-state index in [1.807, 2.05) is 25.2 Å². The van der Waals surface area contributed by atoms with Gasteiger partial charge in [-0.05, 0) is 43.0 Å². The number of anilines is 2. The maximum absolute atomic E-state index is 12.9. The van der Waals surface area contributed by atoms with Crippen molar-refractivity contribution < 1.29 is 9.59 Å². The summed E-state index contributed by atoms with van der Waals surface area (Å²) in [6.07, 6.45) is 3.11. The summed E-state index contributed by atoms with van der Waals surface area (Å²) in [5, 5.41) is 3.08. The number of likely N-dealkylation sites (N-methyl/N-ethyl adjacent to an activating group) is 1. The number of nitrogens with zero attached hydrogens (tertiary/aromatic N) is 4. The number of rotatable bonds is 6. The molecule has 0 aromatic heterocycles. The van der Waals surface area contributed by atoms with Crippen molar-refractivity contribution in [1.82, 2.24) is 15.1 Å². The van der Waals surface area contributed by atoms with Crippen LogP contribution in [0.25, 0.3) is 0 Å². The molecule has 0 radical (unpaired) electrons. The number of piperazine rings is 1. The first-order valence-electron chi connectivity index (χ1n) is 12.6. The SMILES string of the molecule is CN1C(=O)C2CCCCN2c2ccc(C(=O)NCCN3CCN(Cc4ccccc4)CC3)cc21. The van der Waals surface area contributed by atoms with Crippen molar-refractivity contribution in [2.24, 2.45) is 0 Å². The maximum Gasteiger partial charge on any atom is 0.251 e. The van der Waals surface area contributed by atoms with Crippen LogP contribution in [0.5, 0.6) is 0 Å². The van der Waals surface area contributed by atoms with E-state index < -0.39 is 0 Å². The Hall–Kier alpha value is -2.90. The fourth-order valence-electron chi connectivity index (χ4n) is 5.44. The molecule has 2 aromatic rings. The lowest BCUT2D eigenvalue weighted by molar-refractivity contribution is -0.120. The van der Waals surface area contributed by atoms with Crippen molar-refractivity contribution in [3.05, 3.63) is 59.7 Å². The number of piperidine rings is 1. The standard InChI is InChI=1S/C27H35N5O2/c1-29-25-19-22(10-11-23(25)32-13-6-5-9-24(32)27(29)34)26(33)28-12-14-30-15-17-31(18-16-30)20-21-7-3-2-4-8-21/h2-4,7-8,10-11,19,24H,5-6,9,12-18,20H2,1H3,(H,28,33). The second kappa shape index (κ2) is 10.2. The number of benzene rings is 2. The Morgan fingerprint density at radius 2 is 1.71 bits per heavy atom. The molecule has 3 heterocycles. The molecule has 2 fully saturated rings. The highest BCUT2D eigenvalue weighted by Gasteiger charge is 2.38. The molecule has 3 aliphatic heterocycles. The first kappa shape index (κ1) is 22.9. The Balaban J connectivity index is 1.12. The average molecular weight is 462 g/mol. The van der Waals surface area contributed by atoms with Crippen molar-refractivity contribution in [1.29, 1.82) is 0 Å². The summed E-state index contributed by atoms with van der Waals surface area (Å²) in [7, 11) is 1.83. The molecule has 0 bridgehead atoms. The van der Waals surface area contributed by atoms with Gasteiger partial charge >= 0.3 is 0 Å². The minimum Gasteiger partial charge on any atom is -0.358 e. The number of hydrogen-bond acceptors (Lipinski definition) is 5. The summed E-state index contributed by atoms with van der Waals surface area (Å²) >= 11 is 0. The lowest BCUT2D eigenvalue weighted by Gasteiger charge is -2.44. The number of fused-ring (bicyclic) bond motifs is 3. The van der Waals surface area contributed by atoms with Crippen molar-refractivity contribution >= 4 is 23.2 Å². The van der Waals surface area contributed by atoms with Gasteiger partial charge in [-0.1, -0.05) is 30.3 Å². The van der Waals surface area contributed by atoms with Gasteiger partial charge in [-0.2, -0.15) is 0 Å². The quantitative estimate of drug-likeness (QED) is 0.717. The Morgan fingerprint density at radius 1 is 0.941 bits per heavy atom. The molecule has 0 aliphatic carbocycles. The third kappa shape index (κ3) is 4.81. The van der Waals surface area contributed by atoms with Crippen LogP contribution in [0.1, 0.15) is 35.2 Å². The van der Waals surface area contributed by atoms with Crippen LogP contribution in [0.2, 0.25) is 0 Å². The van der Waals surface area contributed by atoms with E-state index in [2.05, 4.69) is 50.3 Å². The highest BCUT2D eigenvalue weighted by atomic mass is 16.2. The van der Waals surface area contributed by atoms with Crippen LogP contribution in [0.4, 0.5) is 11.4 Å². The van der Waals surface area contributed by atoms with Gasteiger partial charge in [-0.25, -0.2) is 0 Å². The highest BCUT2D eigenvalue weighted by molar-refractivity contribution is 6.07. The van der Waals surface area contributed by atoms with Gasteiger partial charge in [-0.3, -0.25) is 19.4 Å². The van der Waals surface area contributed by atoms with Crippen molar-refractivity contribution in [2.45, 2.75) is 31.8 Å². The summed E-state index contributed by atoms with van der Waals surface area (Å²) in [5.74, 6) is 0.0586. The molecule has 0 spiro atoms. The predicted molar refractivity (Wildman–Crippen MR) is 135 cm³/mol. The Kier molecular flexibility index (Phi) is 6.83. The lowest BCUT2D eigenvalue weighted by atomic mass is 9.96. The summed E-state index contributed by atoms with van der Waals surface area (Å²) < 4.78 is 0. The fourth-order valence-corrected chi connectivity index (χ4v) is 5.44. The van der Waals surface area contributed by atoms with E-state index in [9.17, 15) is 9.59 Å². The van der Waals surface area contributed by atoms with Crippen molar-refractivity contribution in [2.75, 3.05) is 62.7 Å². The second-order valence-corrected chi connectivity index (χ2v) is 9.67. The molecule has 1 N–H and O–H groups in total. The van der Waals surface area contributed by atoms with Gasteiger partial charge in [-0.15, -0.1) is 0 Å². The second-order valence-electron chi connectivity index (χ2n) is 9.67. The Bertz CT molecular complexity index is 1020. The number of carbonyl (C=O) groups is 2. The third-order valence-electron chi connectivity index (χ3n) is 7.45. The highest BCUT2D eigenvalue weighted by Crippen LogP contribution is 2.39. The topological polar surface area (TPSA) is 59.1 Å². The summed E-state index contributed by atoms with van der Waals surface area (Å²) in [6.45, 7) is 7.51. The molecular formula is C27H35N5O2. The first-order valence-corrected chi connectivity index (χ1v) is 12.6. The van der Waals surface area contributed by atoms with Crippen LogP contribution in [-0.2, 0) is 11.3 Å². The van der Waals surface area contributed by atoms with Gasteiger partial charge in [0.25, 0.3) is 5.91 Å². The van der Waals surface area contributed by atoms with E-state index in [1.165, 1.54) is 5.56 Å². The van der Waals surface area contributed by atoms with Gasteiger partial charge in [0.05, 0.1) is 11.4 Å². The molecule has 3 aliphatic rings. The molecule has 0 saturated carbocycles. The van der Waals surface area contributed by atoms with E-state index in [0.29, 0.717) is 12.1 Å². The zero-order valence-corrected chi connectivity index (χ0v) is 20.1.